The van der Waals surface area contributed by atoms with Crippen LogP contribution in [0.5, 0.6) is 0 Å². The number of carbonyl (C=O) groups excluding carboxylic acids is 14. The lowest BCUT2D eigenvalue weighted by Gasteiger charge is -2.34. The van der Waals surface area contributed by atoms with E-state index < -0.39 is 152 Å². The van der Waals surface area contributed by atoms with Crippen molar-refractivity contribution in [3.63, 3.8) is 0 Å². The van der Waals surface area contributed by atoms with E-state index in [2.05, 4.69) is 86.7 Å². The second-order valence-electron chi connectivity index (χ2n) is 37.4. The molecule has 0 aliphatic carbocycles. The van der Waals surface area contributed by atoms with Crippen molar-refractivity contribution in [2.45, 2.75) is 344 Å². The highest BCUT2D eigenvalue weighted by Gasteiger charge is 2.45. The molecule has 1 aliphatic heterocycles. The molecule has 2 aromatic carbocycles. The molecule has 3 aromatic rings. The van der Waals surface area contributed by atoms with Crippen LogP contribution in [0, 0.1) is 35.5 Å². The lowest BCUT2D eigenvalue weighted by atomic mass is 9.95. The van der Waals surface area contributed by atoms with Gasteiger partial charge in [0.2, 0.25) is 76.8 Å². The van der Waals surface area contributed by atoms with E-state index in [1.807, 2.05) is 141 Å². The van der Waals surface area contributed by atoms with E-state index >= 15 is 0 Å². The Labute approximate surface area is 708 Å². The fourth-order valence-corrected chi connectivity index (χ4v) is 16.7. The Kier molecular flexibility index (Phi) is 38.6. The summed E-state index contributed by atoms with van der Waals surface area (Å²) in [4.78, 5) is 198. The lowest BCUT2D eigenvalue weighted by Crippen LogP contribution is -2.66. The number of aromatic nitrogens is 1. The number of aryl methyl sites for hydroxylation is 1. The molecule has 0 saturated carbocycles. The van der Waals surface area contributed by atoms with Gasteiger partial charge in [0.25, 0.3) is 0 Å². The number of amides is 13. The number of hydrogen-bond donors (Lipinski definition) is 13. The maximum Gasteiger partial charge on any atom is 0.328 e. The number of nitrogens with one attached hydrogen (secondary N) is 13. The second kappa shape index (κ2) is 44.7. The highest BCUT2D eigenvalue weighted by molar-refractivity contribution is 8.77. The van der Waals surface area contributed by atoms with E-state index in [0.717, 1.165) is 58.9 Å². The van der Waals surface area contributed by atoms with Crippen molar-refractivity contribution in [1.29, 1.82) is 0 Å². The van der Waals surface area contributed by atoms with Crippen LogP contribution >= 0.6 is 21.6 Å². The molecule has 1 aromatic heterocycles. The molecule has 13 amide bonds. The van der Waals surface area contributed by atoms with Crippen LogP contribution in [0.2, 0.25) is 0 Å². The SMILES string of the molecule is CCOC(=O)[C@H](Cc1ccc2c(c1)c1ccccc1n2CC)NC(=O)C(C)(C)NC(=O)[C@H](CC(C)C)NC(=O)C(C)(C)NC(=O)[C@H](CC(C)C)NC(=O)C(C)(C)NC(=O)[C@H](CC(C)C)NC(=O)C(C)(C)NC(=O)[C@H](CC(C)C)NC(=O)C(C)(C)NC(=O)[C@H](CC(C)C)NC(=O)C(C)(C)NC(=O)[C@H](CC(C)C)NC(=O)CCCCC1CCSS1. The number of hydrogen-bond acceptors (Lipinski definition) is 17. The van der Waals surface area contributed by atoms with Crippen molar-refractivity contribution >= 4 is 126 Å². The number of ether oxygens (including phenoxy) is 1. The van der Waals surface area contributed by atoms with Gasteiger partial charge in [0.05, 0.1) is 6.61 Å². The molecule has 0 spiro atoms. The summed E-state index contributed by atoms with van der Waals surface area (Å²) in [7, 11) is 3.76. The monoisotopic (exact) mass is 1690 g/mol. The summed E-state index contributed by atoms with van der Waals surface area (Å²) in [5.74, 6) is -9.52. The molecule has 1 aliphatic rings. The normalized spacial score (nSPS) is 15.4. The number of benzene rings is 2. The number of nitrogens with zero attached hydrogens (tertiary/aromatic N) is 1. The van der Waals surface area contributed by atoms with Crippen molar-refractivity contribution in [2.24, 2.45) is 35.5 Å². The number of carbonyl (C=O) groups is 14. The van der Waals surface area contributed by atoms with E-state index in [0.29, 0.717) is 18.1 Å². The molecule has 2 heterocycles. The summed E-state index contributed by atoms with van der Waals surface area (Å²) < 4.78 is 7.63. The minimum absolute atomic E-state index is 0.0234. The summed E-state index contributed by atoms with van der Waals surface area (Å²) in [5.41, 5.74) is -7.29. The van der Waals surface area contributed by atoms with Gasteiger partial charge >= 0.3 is 5.97 Å². The zero-order valence-electron chi connectivity index (χ0n) is 75.1. The zero-order valence-corrected chi connectivity index (χ0v) is 76.8. The van der Waals surface area contributed by atoms with Crippen LogP contribution in [0.15, 0.2) is 42.5 Å². The van der Waals surface area contributed by atoms with E-state index in [1.54, 1.807) is 6.92 Å². The quantitative estimate of drug-likeness (QED) is 0.0143. The molecular formula is C87H142N14O15S2. The predicted molar refractivity (Wildman–Crippen MR) is 466 cm³/mol. The summed E-state index contributed by atoms with van der Waals surface area (Å²) in [6, 6.07) is 5.62. The van der Waals surface area contributed by atoms with E-state index in [1.165, 1.54) is 83.1 Å². The fourth-order valence-electron chi connectivity index (χ4n) is 13.7. The smallest absolute Gasteiger partial charge is 0.328 e. The minimum Gasteiger partial charge on any atom is -0.464 e. The Morgan fingerprint density at radius 2 is 0.703 bits per heavy atom. The largest absolute Gasteiger partial charge is 0.464 e. The van der Waals surface area contributed by atoms with Crippen molar-refractivity contribution in [2.75, 3.05) is 12.4 Å². The van der Waals surface area contributed by atoms with Crippen LogP contribution in [-0.4, -0.2) is 180 Å². The predicted octanol–water partition coefficient (Wildman–Crippen LogP) is 8.67. The lowest BCUT2D eigenvalue weighted by molar-refractivity contribution is -0.148. The molecule has 8 atom stereocenters. The number of unbranched alkanes of at least 4 members (excludes halogenated alkanes) is 1. The zero-order chi connectivity index (χ0) is 89.5. The molecule has 1 saturated heterocycles. The first-order chi connectivity index (χ1) is 54.6. The third-order valence-corrected chi connectivity index (χ3v) is 23.4. The number of esters is 1. The molecule has 0 bridgehead atoms. The average Bonchev–Trinajstić information content (AvgIpc) is 1.60. The summed E-state index contributed by atoms with van der Waals surface area (Å²) >= 11 is 0. The molecule has 1 fully saturated rings. The van der Waals surface area contributed by atoms with Gasteiger partial charge in [0.1, 0.15) is 75.5 Å². The summed E-state index contributed by atoms with van der Waals surface area (Å²) in [5, 5.41) is 38.6. The Bertz CT molecular complexity index is 4010. The molecule has 118 heavy (non-hydrogen) atoms. The molecule has 0 radical (unpaired) electrons. The van der Waals surface area contributed by atoms with Gasteiger partial charge < -0.3 is 78.4 Å². The first-order valence-corrected chi connectivity index (χ1v) is 44.5. The van der Waals surface area contributed by atoms with Crippen LogP contribution in [0.3, 0.4) is 0 Å². The van der Waals surface area contributed by atoms with Gasteiger partial charge in [-0.05, 0) is 214 Å². The fraction of sp³-hybridized carbons (Fsp3) is 0.701. The van der Waals surface area contributed by atoms with Crippen molar-refractivity contribution in [3.05, 3.63) is 48.0 Å². The van der Waals surface area contributed by atoms with Gasteiger partial charge in [-0.2, -0.15) is 0 Å². The standard InChI is InChI=1S/C87H142N14O15S2/c1-27-101-66-35-31-30-34-57(66)58-47-55(37-38-67(58)101)48-65(75(109)116-28-2)94-81(115)87(25,26)100-74(108)64(46-54(13)14)93-80(114)86(23,24)99-73(107)63(45-53(11)12)92-79(113)85(21,22)98-72(106)62(44-52(9)10)91-78(112)84(19,20)97-71(105)61(43-51(7)8)90-77(111)83(17,18)96-70(104)60(42-50(5)6)89-76(110)82(15,16)95-69(103)59(41-49(3)4)88-68(102)36-32-29-33-56-39-40-117-118-56/h30-31,34-35,37-38,47,49-54,56,59-65H,27-29,32-33,36,39-46,48H2,1-26H3,(H,88,102)(H,89,110)(H,90,111)(H,91,112)(H,92,113)(H,93,114)(H,94,115)(H,95,103)(H,96,104)(H,97,105)(H,98,106)(H,99,107)(H,100,108)/t56?,59-,60-,61-,62-,63-,64-,65-/m0/s1. The summed E-state index contributed by atoms with van der Waals surface area (Å²) in [6.07, 6.45) is 4.88. The van der Waals surface area contributed by atoms with Crippen LogP contribution in [0.1, 0.15) is 256 Å². The topological polar surface area (TPSA) is 410 Å². The Morgan fingerprint density at radius 1 is 0.398 bits per heavy atom. The van der Waals surface area contributed by atoms with E-state index in [9.17, 15) is 67.1 Å². The van der Waals surface area contributed by atoms with Gasteiger partial charge in [-0.15, -0.1) is 0 Å². The highest BCUT2D eigenvalue weighted by Crippen LogP contribution is 2.40. The van der Waals surface area contributed by atoms with Crippen molar-refractivity contribution < 1.29 is 71.9 Å². The molecule has 662 valence electrons. The van der Waals surface area contributed by atoms with Gasteiger partial charge in [-0.3, -0.25) is 62.3 Å². The highest BCUT2D eigenvalue weighted by atomic mass is 33.1. The minimum atomic E-state index is -1.75. The number of para-hydroxylation sites is 1. The van der Waals surface area contributed by atoms with Crippen LogP contribution in [0.4, 0.5) is 0 Å². The molecule has 1 unspecified atom stereocenters. The number of fused-ring (bicyclic) bond motifs is 3. The van der Waals surface area contributed by atoms with Crippen molar-refractivity contribution in [3.8, 4) is 0 Å². The molecule has 4 rings (SSSR count). The maximum atomic E-state index is 14.5. The second-order valence-corrected chi connectivity index (χ2v) is 40.2. The molecule has 31 heteroatoms. The third kappa shape index (κ3) is 31.6. The summed E-state index contributed by atoms with van der Waals surface area (Å²) in [6.45, 7) is 43.9. The van der Waals surface area contributed by atoms with Crippen LogP contribution in [-0.2, 0) is 84.8 Å². The maximum absolute atomic E-state index is 14.5. The Balaban J connectivity index is 1.42. The molecular weight excluding hydrogens is 1550 g/mol. The first-order valence-electron chi connectivity index (χ1n) is 42.1. The Hall–Kier alpha value is -8.48. The van der Waals surface area contributed by atoms with Gasteiger partial charge in [0.15, 0.2) is 0 Å². The Morgan fingerprint density at radius 3 is 1.00 bits per heavy atom. The van der Waals surface area contributed by atoms with E-state index in [-0.39, 0.29) is 93.0 Å². The van der Waals surface area contributed by atoms with Crippen molar-refractivity contribution in [1.82, 2.24) is 73.7 Å². The van der Waals surface area contributed by atoms with Crippen LogP contribution < -0.4 is 69.1 Å². The first kappa shape index (κ1) is 102. The van der Waals surface area contributed by atoms with Crippen LogP contribution in [0.25, 0.3) is 21.8 Å². The molecule has 13 N–H and O–H groups in total. The number of rotatable bonds is 47. The van der Waals surface area contributed by atoms with Gasteiger partial charge in [-0.25, -0.2) is 4.79 Å². The molecule has 29 nitrogen and oxygen atoms in total. The van der Waals surface area contributed by atoms with Gasteiger partial charge in [0, 0.05) is 52.2 Å². The third-order valence-electron chi connectivity index (χ3n) is 20.4. The van der Waals surface area contributed by atoms with E-state index in [4.69, 9.17) is 4.74 Å². The van der Waals surface area contributed by atoms with Gasteiger partial charge in [-0.1, -0.05) is 135 Å². The average molecular weight is 1690 g/mol.